The summed E-state index contributed by atoms with van der Waals surface area (Å²) >= 11 is 0. The summed E-state index contributed by atoms with van der Waals surface area (Å²) < 4.78 is 13.1. The minimum absolute atomic E-state index is 0.00447. The van der Waals surface area contributed by atoms with Crippen LogP contribution in [0.4, 0.5) is 4.39 Å². The lowest BCUT2D eigenvalue weighted by Crippen LogP contribution is -2.47. The first-order valence-corrected chi connectivity index (χ1v) is 9.44. The van der Waals surface area contributed by atoms with Crippen LogP contribution in [0.2, 0.25) is 0 Å². The average Bonchev–Trinajstić information content (AvgIpc) is 3.15. The molecule has 4 nitrogen and oxygen atoms in total. The molecule has 1 saturated carbocycles. The number of hydrogen-bond donors (Lipinski definition) is 1. The summed E-state index contributed by atoms with van der Waals surface area (Å²) in [6.07, 6.45) is 6.98. The molecule has 1 aliphatic carbocycles. The zero-order valence-electron chi connectivity index (χ0n) is 14.7. The normalized spacial score (nSPS) is 19.2. The van der Waals surface area contributed by atoms with Crippen molar-refractivity contribution in [3.63, 3.8) is 0 Å². The highest BCUT2D eigenvalue weighted by atomic mass is 19.1. The Balaban J connectivity index is 1.38. The number of nitrogens with one attached hydrogen (secondary N) is 1. The van der Waals surface area contributed by atoms with Gasteiger partial charge in [-0.05, 0) is 49.8 Å². The van der Waals surface area contributed by atoms with Crippen molar-refractivity contribution in [2.75, 3.05) is 13.1 Å². The molecule has 1 N–H and O–H groups in total. The number of rotatable bonds is 5. The summed E-state index contributed by atoms with van der Waals surface area (Å²) in [4.78, 5) is 26.5. The summed E-state index contributed by atoms with van der Waals surface area (Å²) in [5.41, 5.74) is 0.840. The molecule has 5 heteroatoms. The molecule has 2 aliphatic rings. The third kappa shape index (κ3) is 5.03. The first-order valence-electron chi connectivity index (χ1n) is 9.44. The Labute approximate surface area is 148 Å². The predicted molar refractivity (Wildman–Crippen MR) is 94.4 cm³/mol. The Bertz CT molecular complexity index is 605. The van der Waals surface area contributed by atoms with Crippen LogP contribution in [-0.2, 0) is 16.0 Å². The Morgan fingerprint density at radius 1 is 1.12 bits per heavy atom. The van der Waals surface area contributed by atoms with E-state index in [2.05, 4.69) is 5.32 Å². The maximum absolute atomic E-state index is 13.1. The summed E-state index contributed by atoms with van der Waals surface area (Å²) in [5.74, 6) is 0.285. The van der Waals surface area contributed by atoms with Gasteiger partial charge in [-0.3, -0.25) is 9.59 Å². The Morgan fingerprint density at radius 2 is 1.84 bits per heavy atom. The number of benzene rings is 1. The molecule has 1 aromatic carbocycles. The van der Waals surface area contributed by atoms with Gasteiger partial charge in [-0.2, -0.15) is 0 Å². The summed E-state index contributed by atoms with van der Waals surface area (Å²) in [6.45, 7) is 1.48. The maximum Gasteiger partial charge on any atom is 0.225 e. The molecule has 1 aromatic rings. The van der Waals surface area contributed by atoms with E-state index in [1.807, 2.05) is 11.0 Å². The molecule has 0 radical (unpaired) electrons. The fourth-order valence-electron chi connectivity index (χ4n) is 3.93. The smallest absolute Gasteiger partial charge is 0.225 e. The van der Waals surface area contributed by atoms with Gasteiger partial charge < -0.3 is 10.2 Å². The molecule has 0 spiro atoms. The van der Waals surface area contributed by atoms with Crippen molar-refractivity contribution in [3.05, 3.63) is 35.6 Å². The molecular formula is C20H27FN2O2. The number of halogens is 1. The molecule has 0 unspecified atom stereocenters. The van der Waals surface area contributed by atoms with Gasteiger partial charge in [0.15, 0.2) is 0 Å². The number of piperidine rings is 1. The minimum atomic E-state index is -0.266. The second-order valence-corrected chi connectivity index (χ2v) is 7.28. The molecule has 2 fully saturated rings. The highest BCUT2D eigenvalue weighted by Crippen LogP contribution is 2.27. The van der Waals surface area contributed by atoms with Crippen LogP contribution in [0.25, 0.3) is 0 Å². The number of carbonyl (C=O) groups excluding carboxylic acids is 2. The van der Waals surface area contributed by atoms with Crippen LogP contribution < -0.4 is 5.32 Å². The molecule has 3 rings (SSSR count). The molecule has 1 heterocycles. The number of nitrogens with zero attached hydrogens (tertiary/aromatic N) is 1. The summed E-state index contributed by atoms with van der Waals surface area (Å²) in [6, 6.07) is 6.53. The van der Waals surface area contributed by atoms with E-state index >= 15 is 0 Å². The van der Waals surface area contributed by atoms with E-state index < -0.39 is 0 Å². The van der Waals surface area contributed by atoms with Crippen molar-refractivity contribution in [1.82, 2.24) is 10.2 Å². The maximum atomic E-state index is 13.1. The van der Waals surface area contributed by atoms with Crippen LogP contribution in [0.5, 0.6) is 0 Å². The van der Waals surface area contributed by atoms with E-state index in [1.54, 1.807) is 6.07 Å². The lowest BCUT2D eigenvalue weighted by Gasteiger charge is -2.34. The molecule has 0 atom stereocenters. The summed E-state index contributed by atoms with van der Waals surface area (Å²) in [7, 11) is 0. The summed E-state index contributed by atoms with van der Waals surface area (Å²) in [5, 5.41) is 3.06. The van der Waals surface area contributed by atoms with E-state index in [4.69, 9.17) is 0 Å². The second-order valence-electron chi connectivity index (χ2n) is 7.28. The number of carbonyl (C=O) groups is 2. The van der Waals surface area contributed by atoms with Crippen LogP contribution in [0, 0.1) is 11.7 Å². The number of hydrogen-bond acceptors (Lipinski definition) is 2. The Hall–Kier alpha value is -1.91. The third-order valence-corrected chi connectivity index (χ3v) is 5.41. The van der Waals surface area contributed by atoms with Crippen molar-refractivity contribution in [2.24, 2.45) is 5.92 Å². The fraction of sp³-hybridized carbons (Fsp3) is 0.600. The van der Waals surface area contributed by atoms with Gasteiger partial charge in [0.1, 0.15) is 5.82 Å². The third-order valence-electron chi connectivity index (χ3n) is 5.41. The Kier molecular flexibility index (Phi) is 6.05. The highest BCUT2D eigenvalue weighted by molar-refractivity contribution is 5.79. The molecule has 25 heavy (non-hydrogen) atoms. The quantitative estimate of drug-likeness (QED) is 0.891. The van der Waals surface area contributed by atoms with Crippen molar-refractivity contribution in [2.45, 2.75) is 57.4 Å². The first-order chi connectivity index (χ1) is 12.1. The average molecular weight is 346 g/mol. The van der Waals surface area contributed by atoms with Crippen LogP contribution in [0.15, 0.2) is 24.3 Å². The molecule has 1 aliphatic heterocycles. The number of amides is 2. The predicted octanol–water partition coefficient (Wildman–Crippen LogP) is 3.06. The van der Waals surface area contributed by atoms with Gasteiger partial charge in [-0.1, -0.05) is 25.0 Å². The molecule has 0 bridgehead atoms. The van der Waals surface area contributed by atoms with Crippen LogP contribution >= 0.6 is 0 Å². The molecule has 136 valence electrons. The van der Waals surface area contributed by atoms with E-state index in [-0.39, 0.29) is 23.7 Å². The van der Waals surface area contributed by atoms with Crippen LogP contribution in [-0.4, -0.2) is 35.8 Å². The standard InChI is InChI=1S/C20H27FN2O2/c21-17-7-3-4-15(14-17)8-9-19(24)22-18-10-12-23(13-11-18)20(25)16-5-1-2-6-16/h3-4,7,14,16,18H,1-2,5-6,8-13H2,(H,22,24). The molecular weight excluding hydrogens is 319 g/mol. The fourth-order valence-corrected chi connectivity index (χ4v) is 3.93. The van der Waals surface area contributed by atoms with E-state index in [9.17, 15) is 14.0 Å². The zero-order chi connectivity index (χ0) is 17.6. The Morgan fingerprint density at radius 3 is 2.52 bits per heavy atom. The van der Waals surface area contributed by atoms with Gasteiger partial charge in [0, 0.05) is 31.5 Å². The van der Waals surface area contributed by atoms with Crippen molar-refractivity contribution < 1.29 is 14.0 Å². The SMILES string of the molecule is O=C(CCc1cccc(F)c1)NC1CCN(C(=O)C2CCCC2)CC1. The van der Waals surface area contributed by atoms with Gasteiger partial charge in [-0.15, -0.1) is 0 Å². The first kappa shape index (κ1) is 17.9. The topological polar surface area (TPSA) is 49.4 Å². The van der Waals surface area contributed by atoms with Gasteiger partial charge >= 0.3 is 0 Å². The van der Waals surface area contributed by atoms with E-state index in [0.717, 1.165) is 44.3 Å². The van der Waals surface area contributed by atoms with Crippen LogP contribution in [0.1, 0.15) is 50.5 Å². The lowest BCUT2D eigenvalue weighted by molar-refractivity contribution is -0.136. The lowest BCUT2D eigenvalue weighted by atomic mass is 10.0. The molecule has 2 amide bonds. The van der Waals surface area contributed by atoms with E-state index in [0.29, 0.717) is 18.7 Å². The van der Waals surface area contributed by atoms with Crippen molar-refractivity contribution in [1.29, 1.82) is 0 Å². The monoisotopic (exact) mass is 346 g/mol. The number of likely N-dealkylation sites (tertiary alicyclic amines) is 1. The van der Waals surface area contributed by atoms with Gasteiger partial charge in [0.2, 0.25) is 11.8 Å². The molecule has 0 aromatic heterocycles. The van der Waals surface area contributed by atoms with Gasteiger partial charge in [-0.25, -0.2) is 4.39 Å². The largest absolute Gasteiger partial charge is 0.353 e. The molecule has 1 saturated heterocycles. The van der Waals surface area contributed by atoms with Gasteiger partial charge in [0.05, 0.1) is 0 Å². The minimum Gasteiger partial charge on any atom is -0.353 e. The van der Waals surface area contributed by atoms with Crippen molar-refractivity contribution in [3.8, 4) is 0 Å². The van der Waals surface area contributed by atoms with Gasteiger partial charge in [0.25, 0.3) is 0 Å². The highest BCUT2D eigenvalue weighted by Gasteiger charge is 2.30. The van der Waals surface area contributed by atoms with Crippen molar-refractivity contribution >= 4 is 11.8 Å². The second kappa shape index (κ2) is 8.45. The zero-order valence-corrected chi connectivity index (χ0v) is 14.7. The van der Waals surface area contributed by atoms with E-state index in [1.165, 1.54) is 25.0 Å². The number of aryl methyl sites for hydroxylation is 1. The van der Waals surface area contributed by atoms with Crippen LogP contribution in [0.3, 0.4) is 0 Å².